The van der Waals surface area contributed by atoms with Crippen molar-refractivity contribution < 1.29 is 9.90 Å². The van der Waals surface area contributed by atoms with Crippen LogP contribution in [-0.2, 0) is 4.79 Å². The Morgan fingerprint density at radius 3 is 2.79 bits per heavy atom. The van der Waals surface area contributed by atoms with E-state index in [1.54, 1.807) is 0 Å². The molecule has 5 nitrogen and oxygen atoms in total. The van der Waals surface area contributed by atoms with E-state index in [1.807, 2.05) is 25.3 Å². The number of nitrogens with zero attached hydrogens (tertiary/aromatic N) is 3. The lowest BCUT2D eigenvalue weighted by Crippen LogP contribution is -2.46. The number of aliphatic carboxylic acids is 1. The molecule has 1 aliphatic rings. The quantitative estimate of drug-likeness (QED) is 0.846. The summed E-state index contributed by atoms with van der Waals surface area (Å²) in [5.41, 5.74) is 0. The summed E-state index contributed by atoms with van der Waals surface area (Å²) in [5.74, 6) is 0.278. The monoisotopic (exact) mass is 391 g/mol. The van der Waals surface area contributed by atoms with Crippen molar-refractivity contribution in [1.82, 2.24) is 9.88 Å². The van der Waals surface area contributed by atoms with Gasteiger partial charge in [-0.2, -0.15) is 0 Å². The third-order valence-corrected chi connectivity index (χ3v) is 5.22. The normalized spacial score (nSPS) is 16.0. The van der Waals surface area contributed by atoms with Crippen LogP contribution in [-0.4, -0.2) is 53.2 Å². The van der Waals surface area contributed by atoms with Gasteiger partial charge in [0.1, 0.15) is 5.82 Å². The third kappa shape index (κ3) is 3.70. The number of rotatable bonds is 5. The zero-order valence-electron chi connectivity index (χ0n) is 13.8. The number of hydrogen-bond donors (Lipinski definition) is 1. The van der Waals surface area contributed by atoms with Gasteiger partial charge in [-0.05, 0) is 49.0 Å². The number of fused-ring (bicyclic) bond motifs is 1. The summed E-state index contributed by atoms with van der Waals surface area (Å²) >= 11 is 3.52. The number of halogens is 1. The van der Waals surface area contributed by atoms with Crippen LogP contribution in [0.2, 0.25) is 0 Å². The molecule has 1 aromatic heterocycles. The van der Waals surface area contributed by atoms with Gasteiger partial charge in [-0.15, -0.1) is 0 Å². The van der Waals surface area contributed by atoms with Gasteiger partial charge < -0.3 is 10.0 Å². The topological polar surface area (TPSA) is 56.7 Å². The van der Waals surface area contributed by atoms with E-state index in [4.69, 9.17) is 5.11 Å². The average molecular weight is 392 g/mol. The van der Waals surface area contributed by atoms with Crippen LogP contribution in [0.5, 0.6) is 0 Å². The minimum absolute atomic E-state index is 0.127. The molecule has 0 bridgehead atoms. The van der Waals surface area contributed by atoms with Crippen LogP contribution < -0.4 is 4.90 Å². The molecular weight excluding hydrogens is 370 g/mol. The van der Waals surface area contributed by atoms with Crippen LogP contribution in [0.25, 0.3) is 10.8 Å². The van der Waals surface area contributed by atoms with Crippen molar-refractivity contribution in [2.45, 2.75) is 25.8 Å². The number of anilines is 1. The molecule has 0 spiro atoms. The van der Waals surface area contributed by atoms with E-state index in [0.717, 1.165) is 48.2 Å². The zero-order chi connectivity index (χ0) is 17.1. The van der Waals surface area contributed by atoms with Gasteiger partial charge in [-0.3, -0.25) is 9.69 Å². The number of aromatic nitrogens is 1. The first kappa shape index (κ1) is 17.2. The van der Waals surface area contributed by atoms with Crippen molar-refractivity contribution in [3.05, 3.63) is 34.9 Å². The molecule has 0 saturated carbocycles. The summed E-state index contributed by atoms with van der Waals surface area (Å²) in [4.78, 5) is 20.0. The van der Waals surface area contributed by atoms with Gasteiger partial charge in [0, 0.05) is 35.2 Å². The molecule has 0 unspecified atom stereocenters. The summed E-state index contributed by atoms with van der Waals surface area (Å²) < 4.78 is 1.07. The van der Waals surface area contributed by atoms with Crippen LogP contribution in [0.15, 0.2) is 34.9 Å². The van der Waals surface area contributed by atoms with E-state index >= 15 is 0 Å². The van der Waals surface area contributed by atoms with Crippen molar-refractivity contribution in [1.29, 1.82) is 0 Å². The predicted molar refractivity (Wildman–Crippen MR) is 99.6 cm³/mol. The molecule has 1 N–H and O–H groups in total. The standard InChI is InChI=1S/C18H22BrN3O2/c1-2-21(12-17(23)24)15-6-9-22(10-7-15)18-16-4-3-14(19)11-13(16)5-8-20-18/h3-5,8,11,15H,2,6-7,9-10,12H2,1H3,(H,23,24). The van der Waals surface area contributed by atoms with E-state index in [-0.39, 0.29) is 6.54 Å². The second kappa shape index (κ2) is 7.49. The Morgan fingerprint density at radius 2 is 2.12 bits per heavy atom. The Hall–Kier alpha value is -1.66. The molecule has 6 heteroatoms. The second-order valence-corrected chi connectivity index (χ2v) is 7.09. The van der Waals surface area contributed by atoms with Gasteiger partial charge in [0.15, 0.2) is 0 Å². The lowest BCUT2D eigenvalue weighted by atomic mass is 10.0. The Balaban J connectivity index is 1.74. The van der Waals surface area contributed by atoms with Crippen molar-refractivity contribution in [3.8, 4) is 0 Å². The third-order valence-electron chi connectivity index (χ3n) is 4.73. The van der Waals surface area contributed by atoms with Crippen molar-refractivity contribution in [3.63, 3.8) is 0 Å². The highest BCUT2D eigenvalue weighted by Crippen LogP contribution is 2.29. The van der Waals surface area contributed by atoms with Crippen molar-refractivity contribution in [2.75, 3.05) is 31.1 Å². The van der Waals surface area contributed by atoms with E-state index in [2.05, 4.69) is 42.8 Å². The van der Waals surface area contributed by atoms with Gasteiger partial charge in [-0.25, -0.2) is 4.98 Å². The SMILES string of the molecule is CCN(CC(=O)O)C1CCN(c2nccc3cc(Br)ccc23)CC1. The van der Waals surface area contributed by atoms with E-state index in [1.165, 1.54) is 5.39 Å². The van der Waals surface area contributed by atoms with Gasteiger partial charge in [-0.1, -0.05) is 22.9 Å². The van der Waals surface area contributed by atoms with Crippen molar-refractivity contribution >= 4 is 38.5 Å². The zero-order valence-corrected chi connectivity index (χ0v) is 15.4. The van der Waals surface area contributed by atoms with Crippen LogP contribution in [0, 0.1) is 0 Å². The molecule has 2 heterocycles. The van der Waals surface area contributed by atoms with E-state index in [9.17, 15) is 4.79 Å². The largest absolute Gasteiger partial charge is 0.480 e. The minimum Gasteiger partial charge on any atom is -0.480 e. The molecule has 2 aromatic rings. The molecule has 128 valence electrons. The highest BCUT2D eigenvalue weighted by molar-refractivity contribution is 9.10. The molecule has 1 aliphatic heterocycles. The maximum absolute atomic E-state index is 11.0. The Morgan fingerprint density at radius 1 is 1.38 bits per heavy atom. The van der Waals surface area contributed by atoms with E-state index < -0.39 is 5.97 Å². The number of likely N-dealkylation sites (N-methyl/N-ethyl adjacent to an activating group) is 1. The number of pyridine rings is 1. The fourth-order valence-electron chi connectivity index (χ4n) is 3.50. The van der Waals surface area contributed by atoms with E-state index in [0.29, 0.717) is 6.04 Å². The molecule has 0 aliphatic carbocycles. The highest BCUT2D eigenvalue weighted by atomic mass is 79.9. The smallest absolute Gasteiger partial charge is 0.317 e. The summed E-state index contributed by atoms with van der Waals surface area (Å²) in [6.07, 6.45) is 3.80. The average Bonchev–Trinajstić information content (AvgIpc) is 2.59. The fourth-order valence-corrected chi connectivity index (χ4v) is 3.88. The lowest BCUT2D eigenvalue weighted by Gasteiger charge is -2.38. The molecule has 1 fully saturated rings. The number of hydrogen-bond acceptors (Lipinski definition) is 4. The van der Waals surface area contributed by atoms with Gasteiger partial charge in [0.2, 0.25) is 0 Å². The van der Waals surface area contributed by atoms with Crippen LogP contribution >= 0.6 is 15.9 Å². The summed E-state index contributed by atoms with van der Waals surface area (Å²) in [7, 11) is 0. The maximum Gasteiger partial charge on any atom is 0.317 e. The molecule has 0 radical (unpaired) electrons. The Labute approximate surface area is 150 Å². The molecule has 1 saturated heterocycles. The first-order valence-electron chi connectivity index (χ1n) is 8.33. The first-order valence-corrected chi connectivity index (χ1v) is 9.13. The highest BCUT2D eigenvalue weighted by Gasteiger charge is 2.26. The molecule has 24 heavy (non-hydrogen) atoms. The number of carboxylic acid groups (broad SMARTS) is 1. The minimum atomic E-state index is -0.749. The molecule has 3 rings (SSSR count). The maximum atomic E-state index is 11.0. The first-order chi connectivity index (χ1) is 11.6. The number of benzene rings is 1. The summed E-state index contributed by atoms with van der Waals surface area (Å²) in [6.45, 7) is 4.74. The molecule has 0 atom stereocenters. The summed E-state index contributed by atoms with van der Waals surface area (Å²) in [5, 5.41) is 11.4. The molecular formula is C18H22BrN3O2. The number of carbonyl (C=O) groups is 1. The van der Waals surface area contributed by atoms with Gasteiger partial charge in [0.05, 0.1) is 6.54 Å². The van der Waals surface area contributed by atoms with Crippen molar-refractivity contribution in [2.24, 2.45) is 0 Å². The second-order valence-electron chi connectivity index (χ2n) is 6.18. The lowest BCUT2D eigenvalue weighted by molar-refractivity contribution is -0.139. The Bertz CT molecular complexity index is 729. The van der Waals surface area contributed by atoms with Crippen LogP contribution in [0.3, 0.4) is 0 Å². The van der Waals surface area contributed by atoms with Crippen LogP contribution in [0.1, 0.15) is 19.8 Å². The molecule has 0 amide bonds. The predicted octanol–water partition coefficient (Wildman–Crippen LogP) is 3.37. The summed E-state index contributed by atoms with van der Waals surface area (Å²) in [6, 6.07) is 8.63. The van der Waals surface area contributed by atoms with Gasteiger partial charge >= 0.3 is 5.97 Å². The number of carboxylic acids is 1. The number of piperidine rings is 1. The van der Waals surface area contributed by atoms with Crippen LogP contribution in [0.4, 0.5) is 5.82 Å². The fraction of sp³-hybridized carbons (Fsp3) is 0.444. The Kier molecular flexibility index (Phi) is 5.36. The molecule has 1 aromatic carbocycles. The van der Waals surface area contributed by atoms with Gasteiger partial charge in [0.25, 0.3) is 0 Å².